The minimum absolute atomic E-state index is 0.106. The van der Waals surface area contributed by atoms with Gasteiger partial charge in [0, 0.05) is 23.8 Å². The second-order valence-corrected chi connectivity index (χ2v) is 4.53. The Bertz CT molecular complexity index is 383. The molecule has 1 amide bonds. The van der Waals surface area contributed by atoms with Gasteiger partial charge >= 0.3 is 0 Å². The van der Waals surface area contributed by atoms with Crippen LogP contribution < -0.4 is 4.90 Å². The van der Waals surface area contributed by atoms with Gasteiger partial charge < -0.3 is 0 Å². The molecule has 0 spiro atoms. The topological polar surface area (TPSA) is 36.4 Å². The van der Waals surface area contributed by atoms with Gasteiger partial charge in [0.1, 0.15) is 5.82 Å². The van der Waals surface area contributed by atoms with Crippen molar-refractivity contribution in [2.75, 3.05) is 31.6 Å². The van der Waals surface area contributed by atoms with Crippen LogP contribution in [0.5, 0.6) is 0 Å². The molecule has 0 saturated carbocycles. The van der Waals surface area contributed by atoms with Crippen molar-refractivity contribution in [1.29, 1.82) is 0 Å². The molecule has 1 fully saturated rings. The zero-order valence-corrected chi connectivity index (χ0v) is 10.1. The predicted molar refractivity (Wildman–Crippen MR) is 61.8 cm³/mol. The SMILES string of the molecule is CN1CCN(c2cc(Br)ccn2)C(=O)C1. The first-order valence-electron chi connectivity index (χ1n) is 4.77. The summed E-state index contributed by atoms with van der Waals surface area (Å²) in [6, 6.07) is 3.72. The van der Waals surface area contributed by atoms with E-state index in [0.29, 0.717) is 13.1 Å². The summed E-state index contributed by atoms with van der Waals surface area (Å²) in [5.41, 5.74) is 0. The van der Waals surface area contributed by atoms with Gasteiger partial charge in [0.15, 0.2) is 0 Å². The van der Waals surface area contributed by atoms with Crippen molar-refractivity contribution in [3.63, 3.8) is 0 Å². The number of halogens is 1. The van der Waals surface area contributed by atoms with E-state index in [-0.39, 0.29) is 5.91 Å². The Labute approximate surface area is 97.0 Å². The lowest BCUT2D eigenvalue weighted by atomic mass is 10.3. The highest BCUT2D eigenvalue weighted by molar-refractivity contribution is 9.10. The molecule has 5 heteroatoms. The van der Waals surface area contributed by atoms with E-state index in [1.54, 1.807) is 11.1 Å². The Morgan fingerprint density at radius 3 is 2.93 bits per heavy atom. The standard InChI is InChI=1S/C10H12BrN3O/c1-13-4-5-14(10(15)7-13)9-6-8(11)2-3-12-9/h2-3,6H,4-5,7H2,1H3. The van der Waals surface area contributed by atoms with Gasteiger partial charge in [0.25, 0.3) is 0 Å². The van der Waals surface area contributed by atoms with Crippen LogP contribution in [0, 0.1) is 0 Å². The van der Waals surface area contributed by atoms with Crippen LogP contribution in [0.25, 0.3) is 0 Å². The van der Waals surface area contributed by atoms with E-state index in [4.69, 9.17) is 0 Å². The van der Waals surface area contributed by atoms with Crippen LogP contribution in [0.15, 0.2) is 22.8 Å². The molecule has 1 aliphatic heterocycles. The van der Waals surface area contributed by atoms with Crippen molar-refractivity contribution < 1.29 is 4.79 Å². The molecule has 0 aromatic carbocycles. The maximum absolute atomic E-state index is 11.7. The average molecular weight is 270 g/mol. The first-order chi connectivity index (χ1) is 7.16. The normalized spacial score (nSPS) is 18.3. The first kappa shape index (κ1) is 10.6. The van der Waals surface area contributed by atoms with E-state index in [1.807, 2.05) is 24.1 Å². The Kier molecular flexibility index (Phi) is 3.02. The zero-order valence-electron chi connectivity index (χ0n) is 8.48. The Morgan fingerprint density at radius 1 is 1.47 bits per heavy atom. The summed E-state index contributed by atoms with van der Waals surface area (Å²) in [4.78, 5) is 19.7. The third-order valence-electron chi connectivity index (χ3n) is 2.40. The number of rotatable bonds is 1. The third kappa shape index (κ3) is 2.35. The number of anilines is 1. The lowest BCUT2D eigenvalue weighted by Gasteiger charge is -2.31. The minimum atomic E-state index is 0.106. The molecular formula is C10H12BrN3O. The molecule has 1 aliphatic rings. The fraction of sp³-hybridized carbons (Fsp3) is 0.400. The highest BCUT2D eigenvalue weighted by atomic mass is 79.9. The molecule has 0 bridgehead atoms. The molecule has 80 valence electrons. The van der Waals surface area contributed by atoms with Gasteiger partial charge in [0.2, 0.25) is 5.91 Å². The number of pyridine rings is 1. The summed E-state index contributed by atoms with van der Waals surface area (Å²) in [5, 5.41) is 0. The molecule has 1 aromatic heterocycles. The molecule has 1 saturated heterocycles. The number of hydrogen-bond acceptors (Lipinski definition) is 3. The Hall–Kier alpha value is -0.940. The van der Waals surface area contributed by atoms with Crippen molar-refractivity contribution in [1.82, 2.24) is 9.88 Å². The molecule has 1 aromatic rings. The second kappa shape index (κ2) is 4.28. The number of carbonyl (C=O) groups is 1. The van der Waals surface area contributed by atoms with E-state index in [9.17, 15) is 4.79 Å². The lowest BCUT2D eigenvalue weighted by Crippen LogP contribution is -2.49. The third-order valence-corrected chi connectivity index (χ3v) is 2.89. The molecule has 0 radical (unpaired) electrons. The molecule has 4 nitrogen and oxygen atoms in total. The van der Waals surface area contributed by atoms with Gasteiger partial charge in [-0.3, -0.25) is 14.6 Å². The number of likely N-dealkylation sites (N-methyl/N-ethyl adjacent to an activating group) is 1. The minimum Gasteiger partial charge on any atom is -0.296 e. The van der Waals surface area contributed by atoms with Crippen molar-refractivity contribution in [3.05, 3.63) is 22.8 Å². The summed E-state index contributed by atoms with van der Waals surface area (Å²) in [6.45, 7) is 2.06. The summed E-state index contributed by atoms with van der Waals surface area (Å²) in [6.07, 6.45) is 1.70. The summed E-state index contributed by atoms with van der Waals surface area (Å²) in [5.74, 6) is 0.830. The van der Waals surface area contributed by atoms with E-state index >= 15 is 0 Å². The molecular weight excluding hydrogens is 258 g/mol. The average Bonchev–Trinajstić information content (AvgIpc) is 2.17. The van der Waals surface area contributed by atoms with Crippen molar-refractivity contribution in [2.45, 2.75) is 0 Å². The van der Waals surface area contributed by atoms with Crippen LogP contribution in [0.4, 0.5) is 5.82 Å². The quantitative estimate of drug-likeness (QED) is 0.767. The largest absolute Gasteiger partial charge is 0.296 e. The highest BCUT2D eigenvalue weighted by Crippen LogP contribution is 2.18. The first-order valence-corrected chi connectivity index (χ1v) is 5.56. The Morgan fingerprint density at radius 2 is 2.27 bits per heavy atom. The Balaban J connectivity index is 2.20. The molecule has 0 unspecified atom stereocenters. The number of hydrogen-bond donors (Lipinski definition) is 0. The van der Waals surface area contributed by atoms with Gasteiger partial charge in [-0.2, -0.15) is 0 Å². The second-order valence-electron chi connectivity index (χ2n) is 3.62. The van der Waals surface area contributed by atoms with Crippen molar-refractivity contribution >= 4 is 27.7 Å². The van der Waals surface area contributed by atoms with E-state index in [1.165, 1.54) is 0 Å². The number of carbonyl (C=O) groups excluding carboxylic acids is 1. The van der Waals surface area contributed by atoms with Gasteiger partial charge in [-0.25, -0.2) is 4.98 Å². The fourth-order valence-corrected chi connectivity index (χ4v) is 1.90. The van der Waals surface area contributed by atoms with E-state index in [2.05, 4.69) is 20.9 Å². The number of nitrogens with zero attached hydrogens (tertiary/aromatic N) is 3. The molecule has 0 atom stereocenters. The summed E-state index contributed by atoms with van der Waals surface area (Å²) in [7, 11) is 1.95. The van der Waals surface area contributed by atoms with Crippen LogP contribution in [-0.2, 0) is 4.79 Å². The lowest BCUT2D eigenvalue weighted by molar-refractivity contribution is -0.120. The van der Waals surface area contributed by atoms with Gasteiger partial charge in [-0.05, 0) is 19.2 Å². The monoisotopic (exact) mass is 269 g/mol. The number of amides is 1. The summed E-state index contributed by atoms with van der Waals surface area (Å²) >= 11 is 3.37. The summed E-state index contributed by atoms with van der Waals surface area (Å²) < 4.78 is 0.944. The molecule has 15 heavy (non-hydrogen) atoms. The van der Waals surface area contributed by atoms with Crippen LogP contribution in [0.3, 0.4) is 0 Å². The van der Waals surface area contributed by atoms with Gasteiger partial charge in [-0.15, -0.1) is 0 Å². The van der Waals surface area contributed by atoms with Crippen LogP contribution in [0.2, 0.25) is 0 Å². The molecule has 0 N–H and O–H groups in total. The van der Waals surface area contributed by atoms with E-state index in [0.717, 1.165) is 16.8 Å². The highest BCUT2D eigenvalue weighted by Gasteiger charge is 2.23. The number of piperazine rings is 1. The molecule has 0 aliphatic carbocycles. The fourth-order valence-electron chi connectivity index (χ4n) is 1.57. The maximum Gasteiger partial charge on any atom is 0.242 e. The molecule has 2 rings (SSSR count). The van der Waals surface area contributed by atoms with Crippen molar-refractivity contribution in [3.8, 4) is 0 Å². The predicted octanol–water partition coefficient (Wildman–Crippen LogP) is 1.12. The van der Waals surface area contributed by atoms with Crippen LogP contribution in [0.1, 0.15) is 0 Å². The van der Waals surface area contributed by atoms with Gasteiger partial charge in [-0.1, -0.05) is 15.9 Å². The van der Waals surface area contributed by atoms with Crippen molar-refractivity contribution in [2.24, 2.45) is 0 Å². The van der Waals surface area contributed by atoms with E-state index < -0.39 is 0 Å². The zero-order chi connectivity index (χ0) is 10.8. The number of aromatic nitrogens is 1. The maximum atomic E-state index is 11.7. The van der Waals surface area contributed by atoms with Crippen LogP contribution in [-0.4, -0.2) is 42.5 Å². The smallest absolute Gasteiger partial charge is 0.242 e. The van der Waals surface area contributed by atoms with Crippen LogP contribution >= 0.6 is 15.9 Å². The molecule has 2 heterocycles. The van der Waals surface area contributed by atoms with Gasteiger partial charge in [0.05, 0.1) is 6.54 Å².